The zero-order valence-electron chi connectivity index (χ0n) is 23.3. The summed E-state index contributed by atoms with van der Waals surface area (Å²) in [6, 6.07) is 52.8. The molecule has 0 atom stereocenters. The van der Waals surface area contributed by atoms with Crippen LogP contribution in [0.5, 0.6) is 11.5 Å². The Morgan fingerprint density at radius 1 is 0.439 bits per heavy atom. The van der Waals surface area contributed by atoms with Gasteiger partial charge in [0.1, 0.15) is 11.5 Å². The molecule has 0 unspecified atom stereocenters. The number of hydrogen-bond donors (Lipinski definition) is 0. The molecule has 1 heteroatoms. The van der Waals surface area contributed by atoms with Crippen molar-refractivity contribution in [3.63, 3.8) is 0 Å². The van der Waals surface area contributed by atoms with Crippen LogP contribution < -0.4 is 4.74 Å². The van der Waals surface area contributed by atoms with Crippen LogP contribution in [-0.2, 0) is 10.8 Å². The van der Waals surface area contributed by atoms with Gasteiger partial charge in [0.15, 0.2) is 0 Å². The highest BCUT2D eigenvalue weighted by Gasteiger charge is 2.47. The number of fused-ring (bicyclic) bond motifs is 5. The molecule has 0 fully saturated rings. The largest absolute Gasteiger partial charge is 0.457 e. The minimum atomic E-state index is -0.555. The van der Waals surface area contributed by atoms with Crippen LogP contribution in [0, 0.1) is 0 Å². The summed E-state index contributed by atoms with van der Waals surface area (Å²) < 4.78 is 6.72. The summed E-state index contributed by atoms with van der Waals surface area (Å²) in [7, 11) is 0. The Labute approximate surface area is 241 Å². The molecular weight excluding hydrogens is 496 g/mol. The fraction of sp³-hybridized carbons (Fsp3) is 0.100. The van der Waals surface area contributed by atoms with Gasteiger partial charge in [-0.2, -0.15) is 0 Å². The van der Waals surface area contributed by atoms with E-state index >= 15 is 0 Å². The zero-order chi connectivity index (χ0) is 27.6. The predicted octanol–water partition coefficient (Wildman–Crippen LogP) is 10.1. The first-order valence-electron chi connectivity index (χ1n) is 14.4. The van der Waals surface area contributed by atoms with Crippen molar-refractivity contribution in [1.82, 2.24) is 0 Å². The van der Waals surface area contributed by atoms with E-state index in [1.807, 2.05) is 0 Å². The normalized spacial score (nSPS) is 15.2. The fourth-order valence-corrected chi connectivity index (χ4v) is 7.38. The van der Waals surface area contributed by atoms with Gasteiger partial charge in [-0.05, 0) is 62.7 Å². The van der Waals surface area contributed by atoms with Gasteiger partial charge in [0.05, 0.1) is 5.41 Å². The Morgan fingerprint density at radius 2 is 1.00 bits per heavy atom. The van der Waals surface area contributed by atoms with Crippen molar-refractivity contribution in [2.24, 2.45) is 0 Å². The third kappa shape index (κ3) is 3.30. The summed E-state index contributed by atoms with van der Waals surface area (Å²) in [5.74, 6) is 1.80. The maximum Gasteiger partial charge on any atom is 0.132 e. The van der Waals surface area contributed by atoms with Gasteiger partial charge in [-0.3, -0.25) is 0 Å². The Bertz CT molecular complexity index is 1890. The molecule has 1 aliphatic heterocycles. The molecule has 8 rings (SSSR count). The molecule has 0 radical (unpaired) electrons. The van der Waals surface area contributed by atoms with E-state index in [1.165, 1.54) is 50.1 Å². The summed E-state index contributed by atoms with van der Waals surface area (Å²) in [4.78, 5) is 0. The fourth-order valence-electron chi connectivity index (χ4n) is 7.38. The van der Waals surface area contributed by atoms with E-state index < -0.39 is 5.41 Å². The van der Waals surface area contributed by atoms with Crippen molar-refractivity contribution in [3.8, 4) is 33.8 Å². The van der Waals surface area contributed by atoms with Crippen LogP contribution in [0.15, 0.2) is 146 Å². The summed E-state index contributed by atoms with van der Waals surface area (Å²) in [5, 5.41) is 0. The molecule has 0 saturated heterocycles. The smallest absolute Gasteiger partial charge is 0.132 e. The average Bonchev–Trinajstić information content (AvgIpc) is 3.26. The van der Waals surface area contributed by atoms with E-state index in [2.05, 4.69) is 159 Å². The minimum absolute atomic E-state index is 0.0736. The van der Waals surface area contributed by atoms with E-state index in [4.69, 9.17) is 4.74 Å². The van der Waals surface area contributed by atoms with E-state index in [0.29, 0.717) is 0 Å². The van der Waals surface area contributed by atoms with Gasteiger partial charge < -0.3 is 4.74 Å². The number of hydrogen-bond acceptors (Lipinski definition) is 1. The van der Waals surface area contributed by atoms with E-state index in [9.17, 15) is 0 Å². The lowest BCUT2D eigenvalue weighted by atomic mass is 9.62. The summed E-state index contributed by atoms with van der Waals surface area (Å²) in [5.41, 5.74) is 12.0. The predicted molar refractivity (Wildman–Crippen MR) is 168 cm³/mol. The van der Waals surface area contributed by atoms with Crippen molar-refractivity contribution in [2.45, 2.75) is 24.7 Å². The lowest BCUT2D eigenvalue weighted by Crippen LogP contribution is -2.34. The SMILES string of the molecule is CC1(C)c2ccccc2-c2ccc(-c3cccc4c3C(c3ccccc3)(c3ccccc3)c3ccccc3O4)cc21. The summed E-state index contributed by atoms with van der Waals surface area (Å²) in [6.45, 7) is 4.69. The molecule has 196 valence electrons. The highest BCUT2D eigenvalue weighted by atomic mass is 16.5. The molecule has 1 nitrogen and oxygen atoms in total. The van der Waals surface area contributed by atoms with Crippen LogP contribution in [0.1, 0.15) is 47.2 Å². The maximum absolute atomic E-state index is 6.72. The van der Waals surface area contributed by atoms with Gasteiger partial charge in [-0.15, -0.1) is 0 Å². The second-order valence-corrected chi connectivity index (χ2v) is 11.7. The number of para-hydroxylation sites is 1. The zero-order valence-corrected chi connectivity index (χ0v) is 23.3. The molecule has 2 aliphatic rings. The number of ether oxygens (including phenoxy) is 1. The molecule has 6 aromatic carbocycles. The Morgan fingerprint density at radius 3 is 1.73 bits per heavy atom. The molecule has 41 heavy (non-hydrogen) atoms. The van der Waals surface area contributed by atoms with Gasteiger partial charge in [0, 0.05) is 16.5 Å². The van der Waals surface area contributed by atoms with Crippen LogP contribution in [0.3, 0.4) is 0 Å². The monoisotopic (exact) mass is 526 g/mol. The Balaban J connectivity index is 1.46. The second kappa shape index (κ2) is 8.81. The second-order valence-electron chi connectivity index (χ2n) is 11.7. The molecular formula is C40H30O. The molecule has 0 spiro atoms. The van der Waals surface area contributed by atoms with E-state index in [-0.39, 0.29) is 5.41 Å². The van der Waals surface area contributed by atoms with Crippen LogP contribution in [0.4, 0.5) is 0 Å². The van der Waals surface area contributed by atoms with Gasteiger partial charge in [-0.25, -0.2) is 0 Å². The van der Waals surface area contributed by atoms with E-state index in [1.54, 1.807) is 0 Å². The average molecular weight is 527 g/mol. The molecule has 1 aliphatic carbocycles. The molecule has 0 saturated carbocycles. The number of rotatable bonds is 3. The Hall–Kier alpha value is -4.88. The summed E-state index contributed by atoms with van der Waals surface area (Å²) >= 11 is 0. The molecule has 0 amide bonds. The van der Waals surface area contributed by atoms with Crippen LogP contribution in [0.2, 0.25) is 0 Å². The van der Waals surface area contributed by atoms with Gasteiger partial charge in [0.2, 0.25) is 0 Å². The highest BCUT2D eigenvalue weighted by molar-refractivity contribution is 5.86. The van der Waals surface area contributed by atoms with E-state index in [0.717, 1.165) is 17.1 Å². The van der Waals surface area contributed by atoms with Crippen molar-refractivity contribution in [2.75, 3.05) is 0 Å². The molecule has 0 aromatic heterocycles. The lowest BCUT2D eigenvalue weighted by Gasteiger charge is -2.42. The van der Waals surface area contributed by atoms with Crippen molar-refractivity contribution in [1.29, 1.82) is 0 Å². The molecule has 0 bridgehead atoms. The first-order chi connectivity index (χ1) is 20.1. The minimum Gasteiger partial charge on any atom is -0.457 e. The quantitative estimate of drug-likeness (QED) is 0.223. The standard InChI is InChI=1S/C40H30O/c1-39(2)33-20-10-9-18-31(33)32-25-24-27(26-35(32)39)30-19-13-23-37-38(30)40(28-14-5-3-6-15-28,29-16-7-4-8-17-29)34-21-11-12-22-36(34)41-37/h3-26H,1-2H3. The van der Waals surface area contributed by atoms with Crippen molar-refractivity contribution in [3.05, 3.63) is 179 Å². The maximum atomic E-state index is 6.72. The Kier molecular flexibility index (Phi) is 5.15. The van der Waals surface area contributed by atoms with Crippen LogP contribution in [0.25, 0.3) is 22.3 Å². The van der Waals surface area contributed by atoms with Crippen LogP contribution in [-0.4, -0.2) is 0 Å². The van der Waals surface area contributed by atoms with Crippen molar-refractivity contribution < 1.29 is 4.74 Å². The first-order valence-corrected chi connectivity index (χ1v) is 14.4. The first kappa shape index (κ1) is 24.0. The van der Waals surface area contributed by atoms with Crippen LogP contribution >= 0.6 is 0 Å². The molecule has 6 aromatic rings. The lowest BCUT2D eigenvalue weighted by molar-refractivity contribution is 0.435. The van der Waals surface area contributed by atoms with Gasteiger partial charge in [0.25, 0.3) is 0 Å². The van der Waals surface area contributed by atoms with Gasteiger partial charge in [-0.1, -0.05) is 141 Å². The molecule has 0 N–H and O–H groups in total. The highest BCUT2D eigenvalue weighted by Crippen LogP contribution is 2.58. The number of benzene rings is 6. The van der Waals surface area contributed by atoms with Gasteiger partial charge >= 0.3 is 0 Å². The van der Waals surface area contributed by atoms with Crippen molar-refractivity contribution >= 4 is 0 Å². The third-order valence-corrected chi connectivity index (χ3v) is 9.22. The third-order valence-electron chi connectivity index (χ3n) is 9.22. The topological polar surface area (TPSA) is 9.23 Å². The molecule has 1 heterocycles. The summed E-state index contributed by atoms with van der Waals surface area (Å²) in [6.07, 6.45) is 0.